The summed E-state index contributed by atoms with van der Waals surface area (Å²) in [5, 5.41) is 24.6. The molecule has 0 bridgehead atoms. The van der Waals surface area contributed by atoms with Crippen molar-refractivity contribution in [3.05, 3.63) is 11.5 Å². The number of hydrogen-bond acceptors (Lipinski definition) is 4. The van der Waals surface area contributed by atoms with Gasteiger partial charge in [-0.05, 0) is 0 Å². The van der Waals surface area contributed by atoms with E-state index in [9.17, 15) is 0 Å². The van der Waals surface area contributed by atoms with Crippen LogP contribution in [0.2, 0.25) is 0 Å². The number of methoxy groups -OCH3 is 1. The summed E-state index contributed by atoms with van der Waals surface area (Å²) in [6.45, 7) is 0. The molecule has 0 aromatic rings. The van der Waals surface area contributed by atoms with E-state index in [4.69, 9.17) is 15.6 Å². The fraction of sp³-hybridized carbons (Fsp3) is 0.200. The van der Waals surface area contributed by atoms with Crippen molar-refractivity contribution in [3.63, 3.8) is 0 Å². The molecular formula is C5H4KN2O2. The van der Waals surface area contributed by atoms with Gasteiger partial charge in [0.15, 0.2) is 0 Å². The molecule has 0 aromatic heterocycles. The van der Waals surface area contributed by atoms with Crippen LogP contribution in [0, 0.1) is 22.7 Å². The Bertz CT molecular complexity index is 195. The molecule has 0 rings (SSSR count). The van der Waals surface area contributed by atoms with Gasteiger partial charge in [0.2, 0.25) is 5.57 Å². The van der Waals surface area contributed by atoms with E-state index in [0.29, 0.717) is 0 Å². The molecular weight excluding hydrogens is 159 g/mol. The summed E-state index contributed by atoms with van der Waals surface area (Å²) in [6, 6.07) is 2.89. The minimum atomic E-state index is -0.639. The maximum absolute atomic E-state index is 8.53. The van der Waals surface area contributed by atoms with Crippen molar-refractivity contribution in [1.29, 1.82) is 10.5 Å². The van der Waals surface area contributed by atoms with Gasteiger partial charge in [0, 0.05) is 51.4 Å². The first-order valence-corrected chi connectivity index (χ1v) is 2.03. The van der Waals surface area contributed by atoms with Crippen LogP contribution in [0.1, 0.15) is 0 Å². The van der Waals surface area contributed by atoms with Crippen molar-refractivity contribution >= 4 is 51.4 Å². The Kier molecular flexibility index (Phi) is 8.92. The molecule has 0 fully saturated rings. The molecule has 0 saturated carbocycles. The second-order valence-corrected chi connectivity index (χ2v) is 1.11. The number of ether oxygens (including phenoxy) is 1. The monoisotopic (exact) mass is 163 g/mol. The fourth-order valence-electron chi connectivity index (χ4n) is 0.223. The Labute approximate surface area is 101 Å². The molecule has 0 aliphatic rings. The number of aliphatic hydroxyl groups is 1. The van der Waals surface area contributed by atoms with E-state index in [0.717, 1.165) is 0 Å². The van der Waals surface area contributed by atoms with Crippen molar-refractivity contribution in [1.82, 2.24) is 0 Å². The topological polar surface area (TPSA) is 77.0 Å². The average Bonchev–Trinajstić information content (AvgIpc) is 1.90. The Morgan fingerprint density at radius 1 is 1.40 bits per heavy atom. The Morgan fingerprint density at radius 3 is 1.90 bits per heavy atom. The number of hydrogen-bond donors (Lipinski definition) is 1. The molecule has 47 valence electrons. The van der Waals surface area contributed by atoms with Crippen molar-refractivity contribution in [2.75, 3.05) is 7.11 Å². The number of nitrogens with zero attached hydrogens (tertiary/aromatic N) is 2. The molecule has 0 unspecified atom stereocenters. The van der Waals surface area contributed by atoms with E-state index >= 15 is 0 Å². The molecule has 0 atom stereocenters. The molecule has 0 saturated heterocycles. The van der Waals surface area contributed by atoms with Crippen LogP contribution >= 0.6 is 0 Å². The molecule has 0 aromatic carbocycles. The smallest absolute Gasteiger partial charge is 0.306 e. The Hall–Kier alpha value is -0.0436. The third-order valence-corrected chi connectivity index (χ3v) is 0.631. The Balaban J connectivity index is 0. The normalized spacial score (nSPS) is 5.90. The summed E-state index contributed by atoms with van der Waals surface area (Å²) in [6.07, 6.45) is 0. The molecule has 0 aliphatic heterocycles. The van der Waals surface area contributed by atoms with Crippen LogP contribution in [-0.4, -0.2) is 63.6 Å². The fourth-order valence-corrected chi connectivity index (χ4v) is 0.223. The van der Waals surface area contributed by atoms with Gasteiger partial charge in [-0.15, -0.1) is 0 Å². The van der Waals surface area contributed by atoms with E-state index in [1.165, 1.54) is 19.2 Å². The van der Waals surface area contributed by atoms with Gasteiger partial charge in [-0.2, -0.15) is 10.5 Å². The second-order valence-electron chi connectivity index (χ2n) is 1.11. The van der Waals surface area contributed by atoms with Crippen LogP contribution < -0.4 is 0 Å². The molecule has 0 amide bonds. The van der Waals surface area contributed by atoms with Crippen LogP contribution in [0.4, 0.5) is 0 Å². The van der Waals surface area contributed by atoms with E-state index in [1.807, 2.05) is 0 Å². The molecule has 4 nitrogen and oxygen atoms in total. The van der Waals surface area contributed by atoms with Crippen LogP contribution in [-0.2, 0) is 4.74 Å². The van der Waals surface area contributed by atoms with Gasteiger partial charge < -0.3 is 9.84 Å². The van der Waals surface area contributed by atoms with Gasteiger partial charge in [0.25, 0.3) is 0 Å². The molecule has 0 heterocycles. The zero-order chi connectivity index (χ0) is 7.28. The van der Waals surface area contributed by atoms with Crippen LogP contribution in [0.5, 0.6) is 0 Å². The first-order chi connectivity index (χ1) is 4.26. The van der Waals surface area contributed by atoms with Crippen LogP contribution in [0.25, 0.3) is 0 Å². The molecule has 0 spiro atoms. The van der Waals surface area contributed by atoms with Gasteiger partial charge in [0.1, 0.15) is 12.1 Å². The van der Waals surface area contributed by atoms with Crippen LogP contribution in [0.15, 0.2) is 11.5 Å². The van der Waals surface area contributed by atoms with E-state index in [2.05, 4.69) is 4.74 Å². The van der Waals surface area contributed by atoms with E-state index < -0.39 is 11.5 Å². The average molecular weight is 163 g/mol. The van der Waals surface area contributed by atoms with Gasteiger partial charge in [-0.25, -0.2) is 0 Å². The predicted molar refractivity (Wildman–Crippen MR) is 33.6 cm³/mol. The van der Waals surface area contributed by atoms with Crippen LogP contribution in [0.3, 0.4) is 0 Å². The third-order valence-electron chi connectivity index (χ3n) is 0.631. The maximum atomic E-state index is 8.53. The largest absolute Gasteiger partial charge is 0.479 e. The Morgan fingerprint density at radius 2 is 1.80 bits per heavy atom. The standard InChI is InChI=1S/C5H4N2O2.K/c1-9-5(8)4(2-6)3-7;/h8H,1H3;. The zero-order valence-electron chi connectivity index (χ0n) is 5.75. The molecule has 0 aliphatic carbocycles. The molecule has 10 heavy (non-hydrogen) atoms. The maximum Gasteiger partial charge on any atom is 0.306 e. The minimum absolute atomic E-state index is 0. The second kappa shape index (κ2) is 7.07. The SMILES string of the molecule is COC(O)=C(C#N)C#N.[K]. The van der Waals surface area contributed by atoms with Crippen molar-refractivity contribution in [2.24, 2.45) is 0 Å². The quantitative estimate of drug-likeness (QED) is 0.337. The summed E-state index contributed by atoms with van der Waals surface area (Å²) >= 11 is 0. The molecule has 1 N–H and O–H groups in total. The van der Waals surface area contributed by atoms with E-state index in [-0.39, 0.29) is 51.4 Å². The predicted octanol–water partition coefficient (Wildman–Crippen LogP) is 0.0688. The van der Waals surface area contributed by atoms with Crippen molar-refractivity contribution in [3.8, 4) is 12.1 Å². The first-order valence-electron chi connectivity index (χ1n) is 2.03. The summed E-state index contributed by atoms with van der Waals surface area (Å²) < 4.78 is 4.18. The molecule has 5 heteroatoms. The van der Waals surface area contributed by atoms with Gasteiger partial charge in [0.05, 0.1) is 7.11 Å². The summed E-state index contributed by atoms with van der Waals surface area (Å²) in [4.78, 5) is 0. The van der Waals surface area contributed by atoms with Gasteiger partial charge in [-0.3, -0.25) is 0 Å². The molecule has 1 radical (unpaired) electrons. The number of allylic oxidation sites excluding steroid dienone is 1. The number of aliphatic hydroxyl groups excluding tert-OH is 1. The first kappa shape index (κ1) is 12.6. The summed E-state index contributed by atoms with van der Waals surface area (Å²) in [5.74, 6) is -0.639. The summed E-state index contributed by atoms with van der Waals surface area (Å²) in [7, 11) is 1.17. The van der Waals surface area contributed by atoms with Crippen molar-refractivity contribution < 1.29 is 9.84 Å². The van der Waals surface area contributed by atoms with Crippen molar-refractivity contribution in [2.45, 2.75) is 0 Å². The number of rotatable bonds is 1. The number of nitriles is 2. The van der Waals surface area contributed by atoms with E-state index in [1.54, 1.807) is 0 Å². The zero-order valence-corrected chi connectivity index (χ0v) is 8.87. The third kappa shape index (κ3) is 3.88. The van der Waals surface area contributed by atoms with Gasteiger partial charge in [-0.1, -0.05) is 0 Å². The minimum Gasteiger partial charge on any atom is -0.479 e. The van der Waals surface area contributed by atoms with Gasteiger partial charge >= 0.3 is 5.95 Å². The summed E-state index contributed by atoms with van der Waals surface area (Å²) in [5.41, 5.74) is -0.419.